The van der Waals surface area contributed by atoms with E-state index in [2.05, 4.69) is 0 Å². The molecule has 0 saturated carbocycles. The molecule has 0 radical (unpaired) electrons. The summed E-state index contributed by atoms with van der Waals surface area (Å²) >= 11 is 0. The van der Waals surface area contributed by atoms with Gasteiger partial charge in [-0.05, 0) is 54.4 Å². The van der Waals surface area contributed by atoms with E-state index >= 15 is 0 Å². The average Bonchev–Trinajstić information content (AvgIpc) is 2.90. The Labute approximate surface area is 259 Å². The van der Waals surface area contributed by atoms with Gasteiger partial charge >= 0.3 is 41.8 Å². The maximum atomic E-state index is 14.8. The van der Waals surface area contributed by atoms with E-state index in [1.165, 1.54) is 41.5 Å². The predicted octanol–water partition coefficient (Wildman–Crippen LogP) is 10.6. The van der Waals surface area contributed by atoms with Gasteiger partial charge < -0.3 is 0 Å². The number of rotatable bonds is 24. The summed E-state index contributed by atoms with van der Waals surface area (Å²) in [4.78, 5) is 30.6. The van der Waals surface area contributed by atoms with Crippen LogP contribution in [0, 0.1) is 5.92 Å². The molecule has 1 unspecified atom stereocenters. The first-order valence-corrected chi connectivity index (χ1v) is 14.7. The van der Waals surface area contributed by atoms with Crippen LogP contribution in [0.2, 0.25) is 0 Å². The molecule has 0 rings (SSSR count). The van der Waals surface area contributed by atoms with Crippen LogP contribution in [0.15, 0.2) is 0 Å². The fourth-order valence-electron chi connectivity index (χ4n) is 3.72. The molecule has 19 heteroatoms. The molecule has 0 bridgehead atoms. The molecule has 0 saturated heterocycles. The van der Waals surface area contributed by atoms with Crippen molar-refractivity contribution < 1.29 is 86.4 Å². The molecule has 0 aromatic carbocycles. The second-order valence-corrected chi connectivity index (χ2v) is 11.6. The van der Waals surface area contributed by atoms with Crippen molar-refractivity contribution in [1.29, 1.82) is 0 Å². The highest BCUT2D eigenvalue weighted by Gasteiger charge is 2.90. The standard InChI is InChI=1S/C27H43F13O6/c1-8-9-10-11-12-13-14-20(22(44-41-17(2)3,45-42-18(4)5)46-43-19(6)7)15-16-21(28,29)23(30,31)24(32,33)25(34,35)26(36,37)27(38,39)40/h17-20H,8-16H2,1-7H3. The highest BCUT2D eigenvalue weighted by molar-refractivity contribution is 5.10. The Bertz CT molecular complexity index is 836. The van der Waals surface area contributed by atoms with Crippen molar-refractivity contribution in [3.8, 4) is 0 Å². The van der Waals surface area contributed by atoms with E-state index in [0.717, 1.165) is 19.3 Å². The SMILES string of the molecule is CCCCCCCCC(CCC(F)(F)C(F)(F)C(F)(F)C(F)(F)C(F)(F)C(F)(F)F)C(OOC(C)C)(OOC(C)C)OOC(C)C. The van der Waals surface area contributed by atoms with Crippen LogP contribution in [0.5, 0.6) is 0 Å². The number of hydrogen-bond acceptors (Lipinski definition) is 6. The van der Waals surface area contributed by atoms with E-state index in [-0.39, 0.29) is 12.8 Å². The van der Waals surface area contributed by atoms with Crippen LogP contribution in [-0.4, -0.2) is 60.1 Å². The summed E-state index contributed by atoms with van der Waals surface area (Å²) in [5, 5.41) is 0. The van der Waals surface area contributed by atoms with Crippen LogP contribution in [0.4, 0.5) is 57.1 Å². The van der Waals surface area contributed by atoms with E-state index in [4.69, 9.17) is 29.3 Å². The van der Waals surface area contributed by atoms with Crippen molar-refractivity contribution in [2.24, 2.45) is 5.92 Å². The summed E-state index contributed by atoms with van der Waals surface area (Å²) in [6.07, 6.45) is -10.7. The lowest BCUT2D eigenvalue weighted by Crippen LogP contribution is -2.70. The van der Waals surface area contributed by atoms with Crippen LogP contribution in [-0.2, 0) is 29.3 Å². The van der Waals surface area contributed by atoms with Crippen molar-refractivity contribution in [3.05, 3.63) is 0 Å². The van der Waals surface area contributed by atoms with Gasteiger partial charge in [0.25, 0.3) is 0 Å². The second kappa shape index (κ2) is 17.5. The third kappa shape index (κ3) is 11.2. The van der Waals surface area contributed by atoms with E-state index in [0.29, 0.717) is 12.8 Å². The van der Waals surface area contributed by atoms with Crippen LogP contribution < -0.4 is 0 Å². The van der Waals surface area contributed by atoms with Crippen molar-refractivity contribution in [2.75, 3.05) is 0 Å². The van der Waals surface area contributed by atoms with Crippen molar-refractivity contribution >= 4 is 0 Å². The lowest BCUT2D eigenvalue weighted by Gasteiger charge is -2.41. The summed E-state index contributed by atoms with van der Waals surface area (Å²) in [5.74, 6) is -42.1. The molecule has 0 heterocycles. The maximum absolute atomic E-state index is 14.8. The molecule has 278 valence electrons. The molecule has 6 nitrogen and oxygen atoms in total. The fourth-order valence-corrected chi connectivity index (χ4v) is 3.72. The van der Waals surface area contributed by atoms with Crippen molar-refractivity contribution in [3.63, 3.8) is 0 Å². The van der Waals surface area contributed by atoms with Crippen molar-refractivity contribution in [1.82, 2.24) is 0 Å². The van der Waals surface area contributed by atoms with E-state index in [1.807, 2.05) is 6.92 Å². The zero-order chi connectivity index (χ0) is 36.4. The largest absolute Gasteiger partial charge is 0.460 e. The molecular formula is C27H43F13O6. The van der Waals surface area contributed by atoms with Gasteiger partial charge in [0.05, 0.1) is 18.3 Å². The van der Waals surface area contributed by atoms with Crippen LogP contribution in [0.25, 0.3) is 0 Å². The van der Waals surface area contributed by atoms with Crippen LogP contribution in [0.3, 0.4) is 0 Å². The van der Waals surface area contributed by atoms with Crippen LogP contribution in [0.1, 0.15) is 106 Å². The topological polar surface area (TPSA) is 55.4 Å². The zero-order valence-electron chi connectivity index (χ0n) is 26.5. The normalized spacial score (nSPS) is 15.5. The minimum absolute atomic E-state index is 0.102. The number of unbranched alkanes of at least 4 members (excludes halogenated alkanes) is 5. The monoisotopic (exact) mass is 710 g/mol. The van der Waals surface area contributed by atoms with Crippen LogP contribution >= 0.6 is 0 Å². The molecule has 0 aliphatic carbocycles. The molecule has 0 fully saturated rings. The smallest absolute Gasteiger partial charge is 0.228 e. The highest BCUT2D eigenvalue weighted by Crippen LogP contribution is 2.61. The molecule has 0 aliphatic heterocycles. The molecule has 1 atom stereocenters. The number of hydrogen-bond donors (Lipinski definition) is 0. The lowest BCUT2D eigenvalue weighted by molar-refractivity contribution is -0.653. The Morgan fingerprint density at radius 1 is 0.457 bits per heavy atom. The first kappa shape index (κ1) is 44.9. The van der Waals surface area contributed by atoms with Gasteiger partial charge in [0.15, 0.2) is 0 Å². The van der Waals surface area contributed by atoms with E-state index in [9.17, 15) is 57.1 Å². The maximum Gasteiger partial charge on any atom is 0.460 e. The minimum atomic E-state index is -8.00. The third-order valence-electron chi connectivity index (χ3n) is 6.28. The van der Waals surface area contributed by atoms with Gasteiger partial charge in [0.1, 0.15) is 0 Å². The summed E-state index contributed by atoms with van der Waals surface area (Å²) < 4.78 is 178. The fraction of sp³-hybridized carbons (Fsp3) is 1.00. The first-order valence-electron chi connectivity index (χ1n) is 14.7. The van der Waals surface area contributed by atoms with Gasteiger partial charge in [-0.25, -0.2) is 14.7 Å². The number of alkyl halides is 13. The van der Waals surface area contributed by atoms with Gasteiger partial charge in [0, 0.05) is 12.3 Å². The molecule has 0 aromatic rings. The minimum Gasteiger partial charge on any atom is -0.228 e. The number of halogens is 13. The predicted molar refractivity (Wildman–Crippen MR) is 136 cm³/mol. The highest BCUT2D eigenvalue weighted by atomic mass is 19.4. The van der Waals surface area contributed by atoms with Gasteiger partial charge in [-0.3, -0.25) is 0 Å². The van der Waals surface area contributed by atoms with E-state index in [1.54, 1.807) is 0 Å². The molecular weight excluding hydrogens is 667 g/mol. The Morgan fingerprint density at radius 2 is 0.826 bits per heavy atom. The molecule has 0 aliphatic rings. The van der Waals surface area contributed by atoms with Gasteiger partial charge in [-0.1, -0.05) is 45.4 Å². The van der Waals surface area contributed by atoms with E-state index < -0.39 is 78.8 Å². The Kier molecular flexibility index (Phi) is 17.1. The molecule has 46 heavy (non-hydrogen) atoms. The molecule has 0 amide bonds. The average molecular weight is 711 g/mol. The second-order valence-electron chi connectivity index (χ2n) is 11.6. The van der Waals surface area contributed by atoms with Gasteiger partial charge in [-0.15, -0.1) is 0 Å². The van der Waals surface area contributed by atoms with Gasteiger partial charge in [0.2, 0.25) is 0 Å². The van der Waals surface area contributed by atoms with Crippen molar-refractivity contribution in [2.45, 2.75) is 166 Å². The van der Waals surface area contributed by atoms with Gasteiger partial charge in [-0.2, -0.15) is 71.7 Å². The summed E-state index contributed by atoms with van der Waals surface area (Å²) in [5.41, 5.74) is 0. The Hall–Kier alpha value is -1.15. The zero-order valence-corrected chi connectivity index (χ0v) is 26.5. The lowest BCUT2D eigenvalue weighted by atomic mass is 9.87. The molecule has 0 aromatic heterocycles. The first-order chi connectivity index (χ1) is 20.7. The quantitative estimate of drug-likeness (QED) is 0.0327. The molecule has 0 N–H and O–H groups in total. The third-order valence-corrected chi connectivity index (χ3v) is 6.28. The molecule has 0 spiro atoms. The Morgan fingerprint density at radius 3 is 1.20 bits per heavy atom. The summed E-state index contributed by atoms with van der Waals surface area (Å²) in [6, 6.07) is 0. The summed E-state index contributed by atoms with van der Waals surface area (Å²) in [7, 11) is 0. The summed E-state index contributed by atoms with van der Waals surface area (Å²) in [6.45, 7) is 10.4. The Balaban J connectivity index is 6.73.